The van der Waals surface area contributed by atoms with Gasteiger partial charge < -0.3 is 9.29 Å². The second-order valence-electron chi connectivity index (χ2n) is 6.82. The number of rotatable bonds is 3. The molecule has 3 rings (SSSR count). The first-order valence-corrected chi connectivity index (χ1v) is 10.3. The molecule has 0 aliphatic heterocycles. The van der Waals surface area contributed by atoms with Crippen LogP contribution in [0.15, 0.2) is 65.6 Å². The molecule has 5 heteroatoms. The molecule has 0 unspecified atom stereocenters. The van der Waals surface area contributed by atoms with Crippen LogP contribution in [0.5, 0.6) is 11.5 Å². The van der Waals surface area contributed by atoms with Gasteiger partial charge in [-0.05, 0) is 69.0 Å². The Labute approximate surface area is 167 Å². The van der Waals surface area contributed by atoms with Crippen molar-refractivity contribution in [1.82, 2.24) is 0 Å². The maximum atomic E-state index is 12.3. The average molecular weight is 399 g/mol. The minimum absolute atomic E-state index is 0.252. The number of benzene rings is 3. The zero-order valence-corrected chi connectivity index (χ0v) is 17.7. The van der Waals surface area contributed by atoms with Gasteiger partial charge in [-0.25, -0.2) is 0 Å². The summed E-state index contributed by atoms with van der Waals surface area (Å²) in [5.74, 6) is 0.736. The van der Waals surface area contributed by atoms with Gasteiger partial charge in [-0.3, -0.25) is 0 Å². The standard InChI is InChI=1S/C15H16O3S.C8H10O/c1-11-9-12(2)15(13(3)10-11)19(16,17)18-14-7-5-4-6-8-14;1-6-4-3-5-7(2)8(6)9/h4-10H,1-3H3;3-5,9H,1-2H3. The first-order chi connectivity index (χ1) is 13.1. The molecule has 1 N–H and O–H groups in total. The highest BCUT2D eigenvalue weighted by Gasteiger charge is 2.22. The molecule has 0 heterocycles. The van der Waals surface area contributed by atoms with Crippen LogP contribution in [0.3, 0.4) is 0 Å². The summed E-state index contributed by atoms with van der Waals surface area (Å²) in [5, 5.41) is 9.21. The average Bonchev–Trinajstić information content (AvgIpc) is 2.59. The van der Waals surface area contributed by atoms with E-state index < -0.39 is 10.1 Å². The van der Waals surface area contributed by atoms with Crippen molar-refractivity contribution < 1.29 is 17.7 Å². The maximum Gasteiger partial charge on any atom is 0.339 e. The lowest BCUT2D eigenvalue weighted by Crippen LogP contribution is -2.13. The summed E-state index contributed by atoms with van der Waals surface area (Å²) in [6.07, 6.45) is 0. The van der Waals surface area contributed by atoms with Crippen molar-refractivity contribution in [3.8, 4) is 11.5 Å². The highest BCUT2D eigenvalue weighted by atomic mass is 32.2. The van der Waals surface area contributed by atoms with Gasteiger partial charge in [0.15, 0.2) is 0 Å². The van der Waals surface area contributed by atoms with E-state index in [1.54, 1.807) is 38.1 Å². The van der Waals surface area contributed by atoms with Crippen molar-refractivity contribution >= 4 is 10.1 Å². The van der Waals surface area contributed by atoms with Crippen LogP contribution < -0.4 is 4.18 Å². The summed E-state index contributed by atoms with van der Waals surface area (Å²) in [6.45, 7) is 9.28. The van der Waals surface area contributed by atoms with E-state index in [0.29, 0.717) is 22.6 Å². The zero-order valence-electron chi connectivity index (χ0n) is 16.9. The van der Waals surface area contributed by atoms with Gasteiger partial charge in [0.25, 0.3) is 0 Å². The molecule has 0 saturated carbocycles. The molecule has 148 valence electrons. The number of hydrogen-bond donors (Lipinski definition) is 1. The molecule has 0 radical (unpaired) electrons. The third kappa shape index (κ3) is 5.36. The molecule has 3 aromatic carbocycles. The molecular weight excluding hydrogens is 372 g/mol. The summed E-state index contributed by atoms with van der Waals surface area (Å²) >= 11 is 0. The van der Waals surface area contributed by atoms with Gasteiger partial charge in [-0.1, -0.05) is 54.1 Å². The largest absolute Gasteiger partial charge is 0.507 e. The van der Waals surface area contributed by atoms with Gasteiger partial charge in [0.1, 0.15) is 16.4 Å². The summed E-state index contributed by atoms with van der Waals surface area (Å²) in [5.41, 5.74) is 4.32. The molecule has 4 nitrogen and oxygen atoms in total. The highest BCUT2D eigenvalue weighted by molar-refractivity contribution is 7.87. The first-order valence-electron chi connectivity index (χ1n) is 8.94. The molecule has 3 aromatic rings. The molecule has 0 amide bonds. The van der Waals surface area contributed by atoms with Crippen molar-refractivity contribution in [2.75, 3.05) is 0 Å². The molecule has 0 bridgehead atoms. The van der Waals surface area contributed by atoms with E-state index in [4.69, 9.17) is 4.18 Å². The van der Waals surface area contributed by atoms with Crippen LogP contribution in [-0.4, -0.2) is 13.5 Å². The summed E-state index contributed by atoms with van der Waals surface area (Å²) in [7, 11) is -3.79. The van der Waals surface area contributed by atoms with E-state index in [1.807, 2.05) is 57.2 Å². The van der Waals surface area contributed by atoms with Crippen LogP contribution in [-0.2, 0) is 10.1 Å². The van der Waals surface area contributed by atoms with Crippen molar-refractivity contribution in [3.05, 3.63) is 88.5 Å². The molecule has 0 fully saturated rings. The molecule has 0 aromatic heterocycles. The van der Waals surface area contributed by atoms with Crippen molar-refractivity contribution in [3.63, 3.8) is 0 Å². The minimum Gasteiger partial charge on any atom is -0.507 e. The van der Waals surface area contributed by atoms with Gasteiger partial charge in [-0.15, -0.1) is 0 Å². The number of hydrogen-bond acceptors (Lipinski definition) is 4. The predicted octanol–water partition coefficient (Wildman–Crippen LogP) is 5.39. The molecular formula is C23H26O4S. The fourth-order valence-electron chi connectivity index (χ4n) is 3.01. The fraction of sp³-hybridized carbons (Fsp3) is 0.217. The molecule has 0 saturated heterocycles. The fourth-order valence-corrected chi connectivity index (χ4v) is 4.37. The second kappa shape index (κ2) is 8.93. The lowest BCUT2D eigenvalue weighted by Gasteiger charge is -2.12. The second-order valence-corrected chi connectivity index (χ2v) is 8.30. The summed E-state index contributed by atoms with van der Waals surface area (Å²) < 4.78 is 29.8. The minimum atomic E-state index is -3.79. The Bertz CT molecular complexity index is 1010. The third-order valence-corrected chi connectivity index (χ3v) is 5.80. The van der Waals surface area contributed by atoms with Crippen LogP contribution >= 0.6 is 0 Å². The zero-order chi connectivity index (χ0) is 20.9. The van der Waals surface area contributed by atoms with Crippen molar-refractivity contribution in [2.24, 2.45) is 0 Å². The maximum absolute atomic E-state index is 12.3. The van der Waals surface area contributed by atoms with E-state index >= 15 is 0 Å². The number of para-hydroxylation sites is 2. The lowest BCUT2D eigenvalue weighted by atomic mass is 10.1. The van der Waals surface area contributed by atoms with Crippen molar-refractivity contribution in [2.45, 2.75) is 39.5 Å². The SMILES string of the molecule is Cc1cc(C)c(S(=O)(=O)Oc2ccccc2)c(C)c1.Cc1cccc(C)c1O. The van der Waals surface area contributed by atoms with Crippen LogP contribution in [0.25, 0.3) is 0 Å². The Morgan fingerprint density at radius 3 is 1.68 bits per heavy atom. The smallest absolute Gasteiger partial charge is 0.339 e. The van der Waals surface area contributed by atoms with Crippen molar-refractivity contribution in [1.29, 1.82) is 0 Å². The van der Waals surface area contributed by atoms with E-state index in [-0.39, 0.29) is 4.90 Å². The number of aryl methyl sites for hydroxylation is 5. The normalized spacial score (nSPS) is 10.8. The molecule has 0 atom stereocenters. The van der Waals surface area contributed by atoms with E-state index in [1.165, 1.54) is 0 Å². The van der Waals surface area contributed by atoms with Gasteiger partial charge in [0, 0.05) is 0 Å². The molecule has 0 aliphatic rings. The van der Waals surface area contributed by atoms with E-state index in [2.05, 4.69) is 0 Å². The summed E-state index contributed by atoms with van der Waals surface area (Å²) in [6, 6.07) is 17.9. The Kier molecular flexibility index (Phi) is 6.86. The predicted molar refractivity (Wildman–Crippen MR) is 112 cm³/mol. The monoisotopic (exact) mass is 398 g/mol. The molecule has 0 aliphatic carbocycles. The number of phenolic OH excluding ortho intramolecular Hbond substituents is 1. The van der Waals surface area contributed by atoms with Crippen LogP contribution in [0.2, 0.25) is 0 Å². The topological polar surface area (TPSA) is 63.6 Å². The molecule has 28 heavy (non-hydrogen) atoms. The lowest BCUT2D eigenvalue weighted by molar-refractivity contribution is 0.467. The Balaban J connectivity index is 0.000000261. The molecule has 0 spiro atoms. The summed E-state index contributed by atoms with van der Waals surface area (Å²) in [4.78, 5) is 0.252. The van der Waals surface area contributed by atoms with E-state index in [9.17, 15) is 13.5 Å². The Morgan fingerprint density at radius 1 is 0.714 bits per heavy atom. The van der Waals surface area contributed by atoms with Gasteiger partial charge in [0.2, 0.25) is 0 Å². The highest BCUT2D eigenvalue weighted by Crippen LogP contribution is 2.25. The van der Waals surface area contributed by atoms with Gasteiger partial charge >= 0.3 is 10.1 Å². The van der Waals surface area contributed by atoms with Crippen LogP contribution in [0.4, 0.5) is 0 Å². The third-order valence-electron chi connectivity index (χ3n) is 4.24. The van der Waals surface area contributed by atoms with Crippen LogP contribution in [0.1, 0.15) is 27.8 Å². The Morgan fingerprint density at radius 2 is 1.21 bits per heavy atom. The van der Waals surface area contributed by atoms with Crippen LogP contribution in [0, 0.1) is 34.6 Å². The quantitative estimate of drug-likeness (QED) is 0.601. The van der Waals surface area contributed by atoms with Gasteiger partial charge in [0.05, 0.1) is 0 Å². The number of aromatic hydroxyl groups is 1. The Hall–Kier alpha value is -2.79. The van der Waals surface area contributed by atoms with Gasteiger partial charge in [-0.2, -0.15) is 8.42 Å². The first kappa shape index (κ1) is 21.5. The van der Waals surface area contributed by atoms with E-state index in [0.717, 1.165) is 16.7 Å². The number of phenols is 1.